The first-order valence-corrected chi connectivity index (χ1v) is 11.5. The monoisotopic (exact) mass is 433 g/mol. The van der Waals surface area contributed by atoms with Crippen molar-refractivity contribution in [3.8, 4) is 11.4 Å². The van der Waals surface area contributed by atoms with Crippen LogP contribution in [0.2, 0.25) is 0 Å². The molecule has 1 unspecified atom stereocenters. The first kappa shape index (κ1) is 20.0. The topological polar surface area (TPSA) is 86.4 Å². The van der Waals surface area contributed by atoms with Crippen LogP contribution in [0.15, 0.2) is 41.1 Å². The lowest BCUT2D eigenvalue weighted by molar-refractivity contribution is -0.102. The van der Waals surface area contributed by atoms with Crippen molar-refractivity contribution in [1.29, 1.82) is 0 Å². The highest BCUT2D eigenvalue weighted by Crippen LogP contribution is 2.41. The summed E-state index contributed by atoms with van der Waals surface area (Å²) in [6.45, 7) is 3.96. The zero-order valence-corrected chi connectivity index (χ0v) is 18.1. The predicted molar refractivity (Wildman–Crippen MR) is 116 cm³/mol. The number of nitrogens with zero attached hydrogens (tertiary/aromatic N) is 5. The highest BCUT2D eigenvalue weighted by atomic mass is 16.5. The van der Waals surface area contributed by atoms with E-state index in [1.807, 2.05) is 24.4 Å². The Morgan fingerprint density at radius 2 is 1.94 bits per heavy atom. The number of piperidine rings is 1. The summed E-state index contributed by atoms with van der Waals surface area (Å²) in [6, 6.07) is 10.2. The highest BCUT2D eigenvalue weighted by molar-refractivity contribution is 5.55. The van der Waals surface area contributed by atoms with Gasteiger partial charge in [-0.25, -0.2) is 9.97 Å². The molecule has 0 N–H and O–H groups in total. The Balaban J connectivity index is 1.17. The van der Waals surface area contributed by atoms with Crippen molar-refractivity contribution in [3.63, 3.8) is 0 Å². The lowest BCUT2D eigenvalue weighted by Gasteiger charge is -2.43. The van der Waals surface area contributed by atoms with Gasteiger partial charge < -0.3 is 14.0 Å². The highest BCUT2D eigenvalue weighted by Gasteiger charge is 2.42. The molecule has 1 spiro atoms. The summed E-state index contributed by atoms with van der Waals surface area (Å²) >= 11 is 0. The fraction of sp³-hybridized carbons (Fsp3) is 0.500. The van der Waals surface area contributed by atoms with Crippen molar-refractivity contribution in [2.24, 2.45) is 0 Å². The number of fused-ring (bicyclic) bond motifs is 2. The largest absolute Gasteiger partial charge is 0.368 e. The number of hydrogen-bond acceptors (Lipinski definition) is 8. The number of likely N-dealkylation sites (tertiary alicyclic amines) is 1. The summed E-state index contributed by atoms with van der Waals surface area (Å²) in [7, 11) is 0. The van der Waals surface area contributed by atoms with Crippen molar-refractivity contribution in [3.05, 3.63) is 59.5 Å². The molecule has 3 aliphatic rings. The molecule has 1 aromatic carbocycles. The van der Waals surface area contributed by atoms with E-state index >= 15 is 0 Å². The van der Waals surface area contributed by atoms with Gasteiger partial charge in [-0.15, -0.1) is 0 Å². The molecule has 2 fully saturated rings. The molecular weight excluding hydrogens is 406 g/mol. The van der Waals surface area contributed by atoms with E-state index in [1.165, 1.54) is 5.56 Å². The molecule has 1 atom stereocenters. The van der Waals surface area contributed by atoms with Crippen LogP contribution in [-0.2, 0) is 28.0 Å². The summed E-state index contributed by atoms with van der Waals surface area (Å²) < 4.78 is 17.5. The van der Waals surface area contributed by atoms with Gasteiger partial charge in [0.2, 0.25) is 0 Å². The molecule has 32 heavy (non-hydrogen) atoms. The molecule has 6 rings (SSSR count). The molecule has 2 saturated heterocycles. The predicted octanol–water partition coefficient (Wildman–Crippen LogP) is 3.44. The van der Waals surface area contributed by atoms with E-state index in [2.05, 4.69) is 32.2 Å². The maximum Gasteiger partial charge on any atom is 0.255 e. The van der Waals surface area contributed by atoms with E-state index in [0.717, 1.165) is 81.3 Å². The summed E-state index contributed by atoms with van der Waals surface area (Å²) in [5, 5.41) is 4.18. The van der Waals surface area contributed by atoms with Gasteiger partial charge in [0.1, 0.15) is 11.7 Å². The van der Waals surface area contributed by atoms with Gasteiger partial charge in [-0.1, -0.05) is 35.5 Å². The van der Waals surface area contributed by atoms with E-state index in [1.54, 1.807) is 0 Å². The van der Waals surface area contributed by atoms with Crippen LogP contribution in [-0.4, -0.2) is 51.3 Å². The summed E-state index contributed by atoms with van der Waals surface area (Å²) in [5.41, 5.74) is 2.98. The van der Waals surface area contributed by atoms with Crippen molar-refractivity contribution >= 4 is 0 Å². The van der Waals surface area contributed by atoms with E-state index in [-0.39, 0.29) is 11.7 Å². The van der Waals surface area contributed by atoms with E-state index in [9.17, 15) is 0 Å². The number of rotatable bonds is 4. The van der Waals surface area contributed by atoms with Crippen LogP contribution in [0.25, 0.3) is 11.4 Å². The minimum atomic E-state index is -0.337. The zero-order valence-electron chi connectivity index (χ0n) is 18.1. The van der Waals surface area contributed by atoms with Gasteiger partial charge in [0.05, 0.1) is 18.8 Å². The van der Waals surface area contributed by atoms with Crippen LogP contribution in [0, 0.1) is 0 Å². The molecule has 0 bridgehead atoms. The Labute approximate surface area is 187 Å². The molecule has 0 saturated carbocycles. The van der Waals surface area contributed by atoms with Gasteiger partial charge in [0, 0.05) is 31.5 Å². The first-order valence-electron chi connectivity index (χ1n) is 11.5. The molecule has 2 aromatic heterocycles. The van der Waals surface area contributed by atoms with Crippen LogP contribution in [0.4, 0.5) is 0 Å². The standard InChI is InChI=1S/C24H27N5O3/c1-2-5-17(6-3-1)22-25-15-18-8-14-31-24(21(18)27-22)9-11-29(12-10-24)16-20-26-23(32-28-20)19-7-4-13-30-19/h1-3,5-6,15,19H,4,7-14,16H2. The lowest BCUT2D eigenvalue weighted by atomic mass is 9.83. The molecule has 8 heteroatoms. The van der Waals surface area contributed by atoms with Gasteiger partial charge in [-0.2, -0.15) is 4.98 Å². The third-order valence-electron chi connectivity index (χ3n) is 6.80. The first-order chi connectivity index (χ1) is 15.8. The van der Waals surface area contributed by atoms with Crippen LogP contribution in [0.1, 0.15) is 54.8 Å². The fourth-order valence-electron chi connectivity index (χ4n) is 5.02. The van der Waals surface area contributed by atoms with Gasteiger partial charge in [-0.3, -0.25) is 4.90 Å². The average Bonchev–Trinajstić information content (AvgIpc) is 3.54. The number of benzene rings is 1. The average molecular weight is 434 g/mol. The van der Waals surface area contributed by atoms with Gasteiger partial charge in [0.15, 0.2) is 11.6 Å². The maximum atomic E-state index is 6.41. The van der Waals surface area contributed by atoms with Crippen molar-refractivity contribution in [2.75, 3.05) is 26.3 Å². The van der Waals surface area contributed by atoms with E-state index < -0.39 is 0 Å². The maximum absolute atomic E-state index is 6.41. The summed E-state index contributed by atoms with van der Waals surface area (Å²) in [6.07, 6.45) is 6.61. The zero-order chi connectivity index (χ0) is 21.4. The molecule has 166 valence electrons. The fourth-order valence-corrected chi connectivity index (χ4v) is 5.02. The summed E-state index contributed by atoms with van der Waals surface area (Å²) in [5.74, 6) is 2.11. The lowest BCUT2D eigenvalue weighted by Crippen LogP contribution is -2.47. The van der Waals surface area contributed by atoms with Crippen molar-refractivity contribution < 1.29 is 14.0 Å². The van der Waals surface area contributed by atoms with E-state index in [4.69, 9.17) is 19.0 Å². The van der Waals surface area contributed by atoms with Crippen LogP contribution >= 0.6 is 0 Å². The Morgan fingerprint density at radius 3 is 2.75 bits per heavy atom. The van der Waals surface area contributed by atoms with Crippen LogP contribution in [0.5, 0.6) is 0 Å². The van der Waals surface area contributed by atoms with Gasteiger partial charge in [-0.05, 0) is 37.7 Å². The summed E-state index contributed by atoms with van der Waals surface area (Å²) in [4.78, 5) is 16.6. The number of hydrogen-bond donors (Lipinski definition) is 0. The Hall–Kier alpha value is -2.68. The second-order valence-electron chi connectivity index (χ2n) is 8.85. The Bertz CT molecular complexity index is 1070. The third-order valence-corrected chi connectivity index (χ3v) is 6.80. The normalized spacial score (nSPS) is 22.8. The van der Waals surface area contributed by atoms with Gasteiger partial charge in [0.25, 0.3) is 5.89 Å². The van der Waals surface area contributed by atoms with Crippen LogP contribution in [0.3, 0.4) is 0 Å². The number of ether oxygens (including phenoxy) is 2. The van der Waals surface area contributed by atoms with Crippen LogP contribution < -0.4 is 0 Å². The molecule has 0 aliphatic carbocycles. The van der Waals surface area contributed by atoms with Crippen molar-refractivity contribution in [2.45, 2.75) is 50.4 Å². The molecule has 5 heterocycles. The quantitative estimate of drug-likeness (QED) is 0.618. The molecule has 3 aliphatic heterocycles. The molecule has 8 nitrogen and oxygen atoms in total. The minimum Gasteiger partial charge on any atom is -0.368 e. The molecular formula is C24H27N5O3. The number of aromatic nitrogens is 4. The third kappa shape index (κ3) is 3.72. The SMILES string of the molecule is c1ccc(-c2ncc3c(n2)C2(CCN(Cc4noc(C5CCCO5)n4)CC2)OCC3)cc1. The van der Waals surface area contributed by atoms with E-state index in [0.29, 0.717) is 12.4 Å². The molecule has 0 amide bonds. The molecule has 0 radical (unpaired) electrons. The van der Waals surface area contributed by atoms with Crippen molar-refractivity contribution in [1.82, 2.24) is 25.0 Å². The minimum absolute atomic E-state index is 0.0356. The molecule has 3 aromatic rings. The Kier molecular flexibility index (Phi) is 5.21. The Morgan fingerprint density at radius 1 is 1.06 bits per heavy atom. The second-order valence-corrected chi connectivity index (χ2v) is 8.85. The second kappa shape index (κ2) is 8.35. The van der Waals surface area contributed by atoms with Gasteiger partial charge >= 0.3 is 0 Å². The smallest absolute Gasteiger partial charge is 0.255 e.